The molecule has 0 spiro atoms. The lowest BCUT2D eigenvalue weighted by atomic mass is 10.0. The van der Waals surface area contributed by atoms with Crippen LogP contribution in [-0.4, -0.2) is 48.3 Å². The monoisotopic (exact) mass is 342 g/mol. The fourth-order valence-corrected chi connectivity index (χ4v) is 3.37. The Morgan fingerprint density at radius 2 is 2.09 bits per heavy atom. The van der Waals surface area contributed by atoms with Crippen molar-refractivity contribution in [3.63, 3.8) is 0 Å². The molecule has 1 atom stereocenters. The Labute approximate surface area is 143 Å². The van der Waals surface area contributed by atoms with Crippen molar-refractivity contribution in [1.29, 1.82) is 0 Å². The third-order valence-corrected chi connectivity index (χ3v) is 5.02. The van der Waals surface area contributed by atoms with E-state index in [0.29, 0.717) is 22.6 Å². The molecule has 0 bridgehead atoms. The lowest BCUT2D eigenvalue weighted by molar-refractivity contribution is -0.110. The van der Waals surface area contributed by atoms with E-state index >= 15 is 0 Å². The van der Waals surface area contributed by atoms with Crippen molar-refractivity contribution in [2.24, 2.45) is 0 Å². The molecule has 1 aromatic rings. The molecule has 1 fully saturated rings. The fourth-order valence-electron chi connectivity index (χ4n) is 3.05. The summed E-state index contributed by atoms with van der Waals surface area (Å²) in [6.07, 6.45) is 4.58. The van der Waals surface area contributed by atoms with Crippen molar-refractivity contribution in [1.82, 2.24) is 9.80 Å². The van der Waals surface area contributed by atoms with Gasteiger partial charge in [0.25, 0.3) is 0 Å². The second-order valence-corrected chi connectivity index (χ2v) is 6.76. The molecule has 1 unspecified atom stereocenters. The first-order valence-electron chi connectivity index (χ1n) is 7.98. The average Bonchev–Trinajstić information content (AvgIpc) is 2.51. The predicted octanol–water partition coefficient (Wildman–Crippen LogP) is 3.87. The molecule has 5 heteroatoms. The van der Waals surface area contributed by atoms with Gasteiger partial charge in [-0.3, -0.25) is 9.80 Å². The standard InChI is InChI=1S/C17H24Cl2N2O/c1-2-3-4-15-13-20(7-8-21(15)9-10-22)12-14-5-6-16(18)17(19)11-14/h5-6,10-11,15H,2-4,7-9,12-13H2,1H3. The van der Waals surface area contributed by atoms with Crippen LogP contribution in [0.3, 0.4) is 0 Å². The van der Waals surface area contributed by atoms with E-state index in [1.54, 1.807) is 0 Å². The van der Waals surface area contributed by atoms with Crippen LogP contribution < -0.4 is 0 Å². The van der Waals surface area contributed by atoms with Gasteiger partial charge in [0.2, 0.25) is 0 Å². The smallest absolute Gasteiger partial charge is 0.133 e. The van der Waals surface area contributed by atoms with E-state index in [-0.39, 0.29) is 0 Å². The summed E-state index contributed by atoms with van der Waals surface area (Å²) >= 11 is 12.1. The summed E-state index contributed by atoms with van der Waals surface area (Å²) < 4.78 is 0. The minimum Gasteiger partial charge on any atom is -0.302 e. The van der Waals surface area contributed by atoms with Gasteiger partial charge in [0.15, 0.2) is 0 Å². The Balaban J connectivity index is 1.97. The maximum absolute atomic E-state index is 10.9. The van der Waals surface area contributed by atoms with Gasteiger partial charge in [0.1, 0.15) is 6.29 Å². The molecular weight excluding hydrogens is 319 g/mol. The van der Waals surface area contributed by atoms with Crippen molar-refractivity contribution < 1.29 is 4.79 Å². The quantitative estimate of drug-likeness (QED) is 0.702. The Morgan fingerprint density at radius 3 is 2.77 bits per heavy atom. The highest BCUT2D eigenvalue weighted by molar-refractivity contribution is 6.42. The van der Waals surface area contributed by atoms with Crippen LogP contribution >= 0.6 is 23.2 Å². The van der Waals surface area contributed by atoms with E-state index in [4.69, 9.17) is 23.2 Å². The molecule has 0 saturated carbocycles. The molecule has 0 amide bonds. The number of rotatable bonds is 7. The number of hydrogen-bond donors (Lipinski definition) is 0. The lowest BCUT2D eigenvalue weighted by Gasteiger charge is -2.41. The van der Waals surface area contributed by atoms with Gasteiger partial charge in [-0.15, -0.1) is 0 Å². The molecule has 0 radical (unpaired) electrons. The Kier molecular flexibility index (Phi) is 7.16. The normalized spacial score (nSPS) is 20.2. The third-order valence-electron chi connectivity index (χ3n) is 4.28. The molecule has 0 aliphatic carbocycles. The molecule has 3 nitrogen and oxygen atoms in total. The summed E-state index contributed by atoms with van der Waals surface area (Å²) in [7, 11) is 0. The van der Waals surface area contributed by atoms with Gasteiger partial charge < -0.3 is 4.79 Å². The number of aldehydes is 1. The lowest BCUT2D eigenvalue weighted by Crippen LogP contribution is -2.53. The maximum Gasteiger partial charge on any atom is 0.133 e. The summed E-state index contributed by atoms with van der Waals surface area (Å²) in [5.41, 5.74) is 1.19. The van der Waals surface area contributed by atoms with E-state index in [2.05, 4.69) is 16.7 Å². The first kappa shape index (κ1) is 17.7. The molecule has 2 rings (SSSR count). The summed E-state index contributed by atoms with van der Waals surface area (Å²) in [5, 5.41) is 1.21. The zero-order valence-electron chi connectivity index (χ0n) is 13.1. The molecule has 1 aliphatic rings. The summed E-state index contributed by atoms with van der Waals surface area (Å²) in [6, 6.07) is 6.31. The van der Waals surface area contributed by atoms with Crippen LogP contribution in [-0.2, 0) is 11.3 Å². The molecule has 1 heterocycles. The molecule has 122 valence electrons. The van der Waals surface area contributed by atoms with E-state index in [1.165, 1.54) is 18.4 Å². The van der Waals surface area contributed by atoms with Crippen molar-refractivity contribution in [3.8, 4) is 0 Å². The highest BCUT2D eigenvalue weighted by Crippen LogP contribution is 2.24. The molecule has 0 aromatic heterocycles. The summed E-state index contributed by atoms with van der Waals surface area (Å²) in [6.45, 7) is 6.59. The van der Waals surface area contributed by atoms with Gasteiger partial charge in [-0.05, 0) is 24.1 Å². The Hall–Kier alpha value is -0.610. The molecule has 1 aliphatic heterocycles. The molecule has 1 aromatic carbocycles. The predicted molar refractivity (Wildman–Crippen MR) is 92.7 cm³/mol. The van der Waals surface area contributed by atoms with Gasteiger partial charge in [-0.2, -0.15) is 0 Å². The number of hydrogen-bond acceptors (Lipinski definition) is 3. The number of nitrogens with zero attached hydrogens (tertiary/aromatic N) is 2. The molecule has 0 N–H and O–H groups in total. The van der Waals surface area contributed by atoms with Gasteiger partial charge in [0.05, 0.1) is 16.6 Å². The van der Waals surface area contributed by atoms with Crippen molar-refractivity contribution in [3.05, 3.63) is 33.8 Å². The van der Waals surface area contributed by atoms with Crippen LogP contribution in [0.25, 0.3) is 0 Å². The minimum atomic E-state index is 0.474. The van der Waals surface area contributed by atoms with Gasteiger partial charge >= 0.3 is 0 Å². The minimum absolute atomic E-state index is 0.474. The van der Waals surface area contributed by atoms with Gasteiger partial charge in [0, 0.05) is 32.2 Å². The van der Waals surface area contributed by atoms with E-state index in [0.717, 1.165) is 38.9 Å². The third kappa shape index (κ3) is 4.95. The van der Waals surface area contributed by atoms with Gasteiger partial charge in [-0.1, -0.05) is 49.0 Å². The number of carbonyl (C=O) groups is 1. The highest BCUT2D eigenvalue weighted by atomic mass is 35.5. The zero-order valence-corrected chi connectivity index (χ0v) is 14.6. The first-order valence-corrected chi connectivity index (χ1v) is 8.73. The van der Waals surface area contributed by atoms with Crippen LogP contribution in [0.4, 0.5) is 0 Å². The Bertz CT molecular complexity index is 496. The average molecular weight is 343 g/mol. The van der Waals surface area contributed by atoms with Crippen LogP contribution in [0.15, 0.2) is 18.2 Å². The number of benzene rings is 1. The number of unbranched alkanes of at least 4 members (excludes halogenated alkanes) is 1. The van der Waals surface area contributed by atoms with Crippen LogP contribution in [0, 0.1) is 0 Å². The first-order chi connectivity index (χ1) is 10.6. The maximum atomic E-state index is 10.9. The summed E-state index contributed by atoms with van der Waals surface area (Å²) in [4.78, 5) is 15.6. The van der Waals surface area contributed by atoms with Crippen LogP contribution in [0.2, 0.25) is 10.0 Å². The fraction of sp³-hybridized carbons (Fsp3) is 0.588. The number of halogens is 2. The van der Waals surface area contributed by atoms with Crippen LogP contribution in [0.5, 0.6) is 0 Å². The highest BCUT2D eigenvalue weighted by Gasteiger charge is 2.26. The van der Waals surface area contributed by atoms with Gasteiger partial charge in [-0.25, -0.2) is 0 Å². The zero-order chi connectivity index (χ0) is 15.9. The second kappa shape index (κ2) is 8.88. The van der Waals surface area contributed by atoms with Crippen molar-refractivity contribution >= 4 is 29.5 Å². The topological polar surface area (TPSA) is 23.6 Å². The van der Waals surface area contributed by atoms with Crippen molar-refractivity contribution in [2.75, 3.05) is 26.2 Å². The van der Waals surface area contributed by atoms with E-state index < -0.39 is 0 Å². The Morgan fingerprint density at radius 1 is 1.27 bits per heavy atom. The van der Waals surface area contributed by atoms with E-state index in [1.807, 2.05) is 18.2 Å². The number of carbonyl (C=O) groups excluding carboxylic acids is 1. The largest absolute Gasteiger partial charge is 0.302 e. The summed E-state index contributed by atoms with van der Waals surface area (Å²) in [5.74, 6) is 0. The molecular formula is C17H24Cl2N2O. The second-order valence-electron chi connectivity index (χ2n) is 5.94. The van der Waals surface area contributed by atoms with Crippen molar-refractivity contribution in [2.45, 2.75) is 38.8 Å². The molecule has 1 saturated heterocycles. The van der Waals surface area contributed by atoms with E-state index in [9.17, 15) is 4.79 Å². The molecule has 22 heavy (non-hydrogen) atoms. The number of piperazine rings is 1. The van der Waals surface area contributed by atoms with Crippen LogP contribution in [0.1, 0.15) is 31.7 Å². The SMILES string of the molecule is CCCCC1CN(Cc2ccc(Cl)c(Cl)c2)CCN1CC=O.